The van der Waals surface area contributed by atoms with Gasteiger partial charge in [0.05, 0.1) is 6.61 Å². The van der Waals surface area contributed by atoms with Gasteiger partial charge in [-0.1, -0.05) is 236 Å². The topological polar surface area (TPSA) is 119 Å². The summed E-state index contributed by atoms with van der Waals surface area (Å²) in [6.07, 6.45) is 60.0. The summed E-state index contributed by atoms with van der Waals surface area (Å²) < 4.78 is 26.5. The van der Waals surface area contributed by atoms with Crippen LogP contribution in [0.15, 0.2) is 48.6 Å². The summed E-state index contributed by atoms with van der Waals surface area (Å²) in [5.74, 6) is -0.940. The Morgan fingerprint density at radius 1 is 0.426 bits per heavy atom. The number of phosphoric acid groups is 1. The van der Waals surface area contributed by atoms with Gasteiger partial charge in [0.2, 0.25) is 0 Å². The highest BCUT2D eigenvalue weighted by Gasteiger charge is 2.23. The van der Waals surface area contributed by atoms with Gasteiger partial charge in [0.25, 0.3) is 0 Å². The summed E-state index contributed by atoms with van der Waals surface area (Å²) >= 11 is 0. The molecule has 0 fully saturated rings. The third-order valence-corrected chi connectivity index (χ3v) is 11.6. The van der Waals surface area contributed by atoms with E-state index in [9.17, 15) is 14.2 Å². The molecule has 356 valence electrons. The van der Waals surface area contributed by atoms with Gasteiger partial charge in [-0.2, -0.15) is 0 Å². The van der Waals surface area contributed by atoms with Crippen molar-refractivity contribution in [2.24, 2.45) is 0 Å². The molecule has 0 amide bonds. The van der Waals surface area contributed by atoms with E-state index >= 15 is 0 Å². The Kier molecular flexibility index (Phi) is 45.9. The Hall–Kier alpha value is -1.99. The number of carbonyl (C=O) groups is 2. The maximum Gasteiger partial charge on any atom is 0.469 e. The van der Waals surface area contributed by atoms with Crippen molar-refractivity contribution in [3.05, 3.63) is 48.6 Å². The molecule has 0 saturated carbocycles. The third-order valence-electron chi connectivity index (χ3n) is 11.1. The van der Waals surface area contributed by atoms with E-state index in [1.165, 1.54) is 167 Å². The number of esters is 2. The first-order valence-corrected chi connectivity index (χ1v) is 27.0. The maximum absolute atomic E-state index is 12.5. The minimum atomic E-state index is -4.77. The average Bonchev–Trinajstić information content (AvgIpc) is 3.23. The summed E-state index contributed by atoms with van der Waals surface area (Å²) in [7, 11) is -4.77. The molecular formula is C52H95O8P. The van der Waals surface area contributed by atoms with Crippen LogP contribution in [0.1, 0.15) is 251 Å². The van der Waals surface area contributed by atoms with Crippen LogP contribution in [0.4, 0.5) is 0 Å². The predicted molar refractivity (Wildman–Crippen MR) is 258 cm³/mol. The number of hydrogen-bond acceptors (Lipinski definition) is 6. The van der Waals surface area contributed by atoms with Crippen LogP contribution in [0.3, 0.4) is 0 Å². The summed E-state index contributed by atoms with van der Waals surface area (Å²) in [4.78, 5) is 43.1. The Labute approximate surface area is 375 Å². The molecule has 0 bridgehead atoms. The molecule has 0 aromatic heterocycles. The van der Waals surface area contributed by atoms with E-state index in [0.717, 1.165) is 44.9 Å². The summed E-state index contributed by atoms with van der Waals surface area (Å²) in [5.41, 5.74) is 0. The molecule has 2 N–H and O–H groups in total. The zero-order valence-electron chi connectivity index (χ0n) is 39.6. The highest BCUT2D eigenvalue weighted by molar-refractivity contribution is 7.46. The van der Waals surface area contributed by atoms with E-state index < -0.39 is 32.5 Å². The lowest BCUT2D eigenvalue weighted by Gasteiger charge is -2.18. The van der Waals surface area contributed by atoms with Crippen LogP contribution in [0.25, 0.3) is 0 Å². The second kappa shape index (κ2) is 47.5. The smallest absolute Gasteiger partial charge is 0.462 e. The first kappa shape index (κ1) is 59.0. The first-order valence-electron chi connectivity index (χ1n) is 25.4. The summed E-state index contributed by atoms with van der Waals surface area (Å²) in [6, 6.07) is 0. The normalized spacial score (nSPS) is 12.8. The fraction of sp³-hybridized carbons (Fsp3) is 0.808. The number of rotatable bonds is 47. The van der Waals surface area contributed by atoms with Crippen molar-refractivity contribution in [3.63, 3.8) is 0 Å². The van der Waals surface area contributed by atoms with Crippen molar-refractivity contribution in [3.8, 4) is 0 Å². The molecule has 0 spiro atoms. The first-order chi connectivity index (χ1) is 29.8. The van der Waals surface area contributed by atoms with Gasteiger partial charge < -0.3 is 19.3 Å². The lowest BCUT2D eigenvalue weighted by molar-refractivity contribution is -0.161. The maximum atomic E-state index is 12.5. The number of phosphoric ester groups is 1. The van der Waals surface area contributed by atoms with Gasteiger partial charge in [-0.3, -0.25) is 14.1 Å². The molecule has 0 aromatic carbocycles. The van der Waals surface area contributed by atoms with E-state index in [1.807, 2.05) is 6.08 Å². The number of hydrogen-bond donors (Lipinski definition) is 2. The fourth-order valence-electron chi connectivity index (χ4n) is 7.31. The molecule has 0 rings (SSSR count). The van der Waals surface area contributed by atoms with Gasteiger partial charge in [0.15, 0.2) is 6.10 Å². The standard InChI is InChI=1S/C52H95O8P/c1-3-5-7-9-11-13-15-17-19-21-23-25-27-29-31-33-35-37-39-41-43-45-47-52(54)60-50(49-59-61(55,56)57)48-58-51(53)46-44-42-40-38-36-34-32-30-28-26-24-22-20-18-16-14-12-10-8-6-4-2/h20,22,26,28,32,34,38,40,50H,3-19,21,23-25,27,29-31,33,35-37,39,41-49H2,1-2H3,(H2,55,56,57)/b22-20+,28-26+,34-32+,40-38+/t50-/m1/s1. The molecular weight excluding hydrogens is 784 g/mol. The van der Waals surface area contributed by atoms with Crippen LogP contribution in [-0.2, 0) is 28.2 Å². The van der Waals surface area contributed by atoms with Gasteiger partial charge in [-0.15, -0.1) is 0 Å². The highest BCUT2D eigenvalue weighted by Crippen LogP contribution is 2.36. The molecule has 0 aliphatic carbocycles. The molecule has 0 radical (unpaired) electrons. The molecule has 0 heterocycles. The van der Waals surface area contributed by atoms with Crippen molar-refractivity contribution in [1.29, 1.82) is 0 Å². The fourth-order valence-corrected chi connectivity index (χ4v) is 7.67. The van der Waals surface area contributed by atoms with E-state index in [4.69, 9.17) is 19.3 Å². The van der Waals surface area contributed by atoms with Gasteiger partial charge in [-0.05, 0) is 51.4 Å². The predicted octanol–water partition coefficient (Wildman–Crippen LogP) is 16.2. The van der Waals surface area contributed by atoms with Gasteiger partial charge in [0, 0.05) is 12.8 Å². The Balaban J connectivity index is 3.89. The van der Waals surface area contributed by atoms with E-state index in [-0.39, 0.29) is 19.4 Å². The second-order valence-electron chi connectivity index (χ2n) is 17.2. The number of unbranched alkanes of at least 4 members (excludes halogenated alkanes) is 29. The van der Waals surface area contributed by atoms with Crippen LogP contribution < -0.4 is 0 Å². The number of ether oxygens (including phenoxy) is 2. The van der Waals surface area contributed by atoms with Crippen molar-refractivity contribution in [2.45, 2.75) is 258 Å². The molecule has 0 aliphatic heterocycles. The SMILES string of the molecule is CCCCCCCCC/C=C/C/C=C/C/C=C/C/C=C/CCCC(=O)OC[C@H](COP(=O)(O)O)OC(=O)CCCCCCCCCCCCCCCCCCCCCCCC. The Morgan fingerprint density at radius 2 is 0.754 bits per heavy atom. The van der Waals surface area contributed by atoms with Gasteiger partial charge in [0.1, 0.15) is 6.61 Å². The molecule has 8 nitrogen and oxygen atoms in total. The van der Waals surface area contributed by atoms with Crippen molar-refractivity contribution < 1.29 is 37.9 Å². The van der Waals surface area contributed by atoms with Crippen LogP contribution in [0.2, 0.25) is 0 Å². The number of allylic oxidation sites excluding steroid dienone is 8. The molecule has 0 aliphatic rings. The van der Waals surface area contributed by atoms with E-state index in [1.54, 1.807) is 0 Å². The Bertz CT molecular complexity index is 1130. The highest BCUT2D eigenvalue weighted by atomic mass is 31.2. The molecule has 1 atom stereocenters. The van der Waals surface area contributed by atoms with Crippen LogP contribution in [0.5, 0.6) is 0 Å². The van der Waals surface area contributed by atoms with Crippen molar-refractivity contribution in [2.75, 3.05) is 13.2 Å². The van der Waals surface area contributed by atoms with Crippen molar-refractivity contribution >= 4 is 19.8 Å². The molecule has 61 heavy (non-hydrogen) atoms. The zero-order valence-corrected chi connectivity index (χ0v) is 40.5. The van der Waals surface area contributed by atoms with Crippen LogP contribution >= 0.6 is 7.82 Å². The summed E-state index contributed by atoms with van der Waals surface area (Å²) in [6.45, 7) is 3.68. The monoisotopic (exact) mass is 879 g/mol. The van der Waals surface area contributed by atoms with Gasteiger partial charge >= 0.3 is 19.8 Å². The lowest BCUT2D eigenvalue weighted by Crippen LogP contribution is -2.29. The van der Waals surface area contributed by atoms with E-state index in [2.05, 4.69) is 60.9 Å². The van der Waals surface area contributed by atoms with Crippen LogP contribution in [0, 0.1) is 0 Å². The third kappa shape index (κ3) is 50.5. The molecule has 0 unspecified atom stereocenters. The number of carbonyl (C=O) groups excluding carboxylic acids is 2. The molecule has 0 aromatic rings. The average molecular weight is 879 g/mol. The van der Waals surface area contributed by atoms with E-state index in [0.29, 0.717) is 12.8 Å². The molecule has 9 heteroatoms. The Morgan fingerprint density at radius 3 is 1.15 bits per heavy atom. The zero-order chi connectivity index (χ0) is 44.6. The largest absolute Gasteiger partial charge is 0.469 e. The minimum absolute atomic E-state index is 0.192. The minimum Gasteiger partial charge on any atom is -0.462 e. The lowest BCUT2D eigenvalue weighted by atomic mass is 10.0. The van der Waals surface area contributed by atoms with Crippen LogP contribution in [-0.4, -0.2) is 41.0 Å². The second-order valence-corrected chi connectivity index (χ2v) is 18.4. The quantitative estimate of drug-likeness (QED) is 0.0268. The van der Waals surface area contributed by atoms with Gasteiger partial charge in [-0.25, -0.2) is 4.57 Å². The van der Waals surface area contributed by atoms with Crippen molar-refractivity contribution in [1.82, 2.24) is 0 Å². The summed E-state index contributed by atoms with van der Waals surface area (Å²) in [5, 5.41) is 0. The molecule has 0 saturated heterocycles.